The molecule has 1 heterocycles. The summed E-state index contributed by atoms with van der Waals surface area (Å²) in [7, 11) is 0. The molecule has 1 aliphatic rings. The Balaban J connectivity index is 1.65. The SMILES string of the molecule is N#Cc1cc(NCCCNC2CC2)ccn1. The standard InChI is InChI=1S/C12H16N4/c13-9-12-8-11(4-7-16-12)15-6-1-5-14-10-2-3-10/h4,7-8,10,14H,1-3,5-6H2,(H,15,16). The van der Waals surface area contributed by atoms with Gasteiger partial charge in [-0.15, -0.1) is 0 Å². The predicted octanol–water partition coefficient (Wildman–Crippen LogP) is 1.51. The Bertz CT molecular complexity index is 379. The molecule has 1 aromatic heterocycles. The Morgan fingerprint density at radius 1 is 1.44 bits per heavy atom. The van der Waals surface area contributed by atoms with Crippen LogP contribution in [0.1, 0.15) is 25.0 Å². The molecule has 4 nitrogen and oxygen atoms in total. The van der Waals surface area contributed by atoms with Crippen LogP contribution in [0.25, 0.3) is 0 Å². The number of nitrogens with zero attached hydrogens (tertiary/aromatic N) is 2. The van der Waals surface area contributed by atoms with Crippen molar-refractivity contribution in [3.8, 4) is 6.07 Å². The number of hydrogen-bond acceptors (Lipinski definition) is 4. The third-order valence-corrected chi connectivity index (χ3v) is 2.57. The van der Waals surface area contributed by atoms with Crippen LogP contribution in [0.2, 0.25) is 0 Å². The van der Waals surface area contributed by atoms with Gasteiger partial charge < -0.3 is 10.6 Å². The van der Waals surface area contributed by atoms with E-state index in [-0.39, 0.29) is 0 Å². The fourth-order valence-electron chi connectivity index (χ4n) is 1.52. The van der Waals surface area contributed by atoms with E-state index in [1.54, 1.807) is 12.3 Å². The molecule has 1 saturated carbocycles. The second-order valence-corrected chi connectivity index (χ2v) is 4.05. The number of anilines is 1. The Kier molecular flexibility index (Phi) is 3.73. The van der Waals surface area contributed by atoms with Crippen LogP contribution < -0.4 is 10.6 Å². The highest BCUT2D eigenvalue weighted by Crippen LogP contribution is 2.18. The molecule has 0 saturated heterocycles. The molecule has 0 aliphatic heterocycles. The molecule has 0 radical (unpaired) electrons. The smallest absolute Gasteiger partial charge is 0.142 e. The van der Waals surface area contributed by atoms with Gasteiger partial charge in [0.2, 0.25) is 0 Å². The largest absolute Gasteiger partial charge is 0.385 e. The minimum Gasteiger partial charge on any atom is -0.385 e. The quantitative estimate of drug-likeness (QED) is 0.708. The molecular weight excluding hydrogens is 200 g/mol. The average Bonchev–Trinajstić information content (AvgIpc) is 3.13. The molecule has 0 aromatic carbocycles. The monoisotopic (exact) mass is 216 g/mol. The maximum atomic E-state index is 8.69. The highest BCUT2D eigenvalue weighted by Gasteiger charge is 2.19. The van der Waals surface area contributed by atoms with Crippen molar-refractivity contribution in [2.24, 2.45) is 0 Å². The zero-order valence-electron chi connectivity index (χ0n) is 9.24. The van der Waals surface area contributed by atoms with Crippen molar-refractivity contribution in [3.63, 3.8) is 0 Å². The second kappa shape index (κ2) is 5.47. The van der Waals surface area contributed by atoms with E-state index in [1.807, 2.05) is 12.1 Å². The van der Waals surface area contributed by atoms with Crippen molar-refractivity contribution < 1.29 is 0 Å². The Morgan fingerprint density at radius 2 is 2.31 bits per heavy atom. The lowest BCUT2D eigenvalue weighted by Crippen LogP contribution is -2.19. The summed E-state index contributed by atoms with van der Waals surface area (Å²) in [6, 6.07) is 6.47. The highest BCUT2D eigenvalue weighted by atomic mass is 15.0. The van der Waals surface area contributed by atoms with E-state index in [9.17, 15) is 0 Å². The van der Waals surface area contributed by atoms with Crippen LogP contribution >= 0.6 is 0 Å². The first-order valence-electron chi connectivity index (χ1n) is 5.72. The molecule has 16 heavy (non-hydrogen) atoms. The molecule has 84 valence electrons. The second-order valence-electron chi connectivity index (χ2n) is 4.05. The van der Waals surface area contributed by atoms with Crippen molar-refractivity contribution in [3.05, 3.63) is 24.0 Å². The molecule has 0 atom stereocenters. The van der Waals surface area contributed by atoms with Gasteiger partial charge in [-0.05, 0) is 37.9 Å². The fraction of sp³-hybridized carbons (Fsp3) is 0.500. The third-order valence-electron chi connectivity index (χ3n) is 2.57. The van der Waals surface area contributed by atoms with Crippen molar-refractivity contribution >= 4 is 5.69 Å². The van der Waals surface area contributed by atoms with Crippen molar-refractivity contribution in [1.29, 1.82) is 5.26 Å². The van der Waals surface area contributed by atoms with Gasteiger partial charge in [0.1, 0.15) is 11.8 Å². The summed E-state index contributed by atoms with van der Waals surface area (Å²) in [5, 5.41) is 15.4. The van der Waals surface area contributed by atoms with Gasteiger partial charge in [0.15, 0.2) is 0 Å². The van der Waals surface area contributed by atoms with Crippen molar-refractivity contribution in [2.75, 3.05) is 18.4 Å². The molecule has 2 N–H and O–H groups in total. The average molecular weight is 216 g/mol. The van der Waals surface area contributed by atoms with Gasteiger partial charge in [0.05, 0.1) is 0 Å². The maximum Gasteiger partial charge on any atom is 0.142 e. The van der Waals surface area contributed by atoms with Gasteiger partial charge in [-0.1, -0.05) is 0 Å². The van der Waals surface area contributed by atoms with E-state index in [2.05, 4.69) is 15.6 Å². The number of nitrogens with one attached hydrogen (secondary N) is 2. The summed E-state index contributed by atoms with van der Waals surface area (Å²) >= 11 is 0. The van der Waals surface area contributed by atoms with Crippen LogP contribution in [0.4, 0.5) is 5.69 Å². The van der Waals surface area contributed by atoms with Gasteiger partial charge in [-0.3, -0.25) is 0 Å². The Morgan fingerprint density at radius 3 is 3.06 bits per heavy atom. The molecule has 0 bridgehead atoms. The van der Waals surface area contributed by atoms with E-state index < -0.39 is 0 Å². The topological polar surface area (TPSA) is 60.7 Å². The van der Waals surface area contributed by atoms with Crippen LogP contribution in [0.5, 0.6) is 0 Å². The van der Waals surface area contributed by atoms with Gasteiger partial charge in [-0.25, -0.2) is 4.98 Å². The predicted molar refractivity (Wildman–Crippen MR) is 63.1 cm³/mol. The molecule has 1 aromatic rings. The first-order valence-corrected chi connectivity index (χ1v) is 5.72. The van der Waals surface area contributed by atoms with Crippen molar-refractivity contribution in [2.45, 2.75) is 25.3 Å². The van der Waals surface area contributed by atoms with Crippen LogP contribution in [0.3, 0.4) is 0 Å². The summed E-state index contributed by atoms with van der Waals surface area (Å²) in [4.78, 5) is 3.92. The lowest BCUT2D eigenvalue weighted by atomic mass is 10.3. The number of rotatable bonds is 6. The summed E-state index contributed by atoms with van der Waals surface area (Å²) in [6.07, 6.45) is 5.43. The number of aromatic nitrogens is 1. The zero-order valence-corrected chi connectivity index (χ0v) is 9.24. The minimum absolute atomic E-state index is 0.459. The normalized spacial score (nSPS) is 14.4. The van der Waals surface area contributed by atoms with Crippen LogP contribution in [0, 0.1) is 11.3 Å². The first kappa shape index (κ1) is 10.9. The molecule has 1 aliphatic carbocycles. The molecule has 1 fully saturated rings. The molecular formula is C12H16N4. The van der Waals surface area contributed by atoms with E-state index >= 15 is 0 Å². The van der Waals surface area contributed by atoms with Gasteiger partial charge in [0.25, 0.3) is 0 Å². The number of pyridine rings is 1. The van der Waals surface area contributed by atoms with E-state index in [1.165, 1.54) is 12.8 Å². The molecule has 2 rings (SSSR count). The Hall–Kier alpha value is -1.60. The Labute approximate surface area is 95.7 Å². The third kappa shape index (κ3) is 3.52. The highest BCUT2D eigenvalue weighted by molar-refractivity contribution is 5.45. The summed E-state index contributed by atoms with van der Waals surface area (Å²) < 4.78 is 0. The lowest BCUT2D eigenvalue weighted by Gasteiger charge is -2.06. The van der Waals surface area contributed by atoms with Gasteiger partial charge in [0, 0.05) is 24.5 Å². The van der Waals surface area contributed by atoms with Crippen molar-refractivity contribution in [1.82, 2.24) is 10.3 Å². The van der Waals surface area contributed by atoms with Gasteiger partial charge >= 0.3 is 0 Å². The molecule has 0 spiro atoms. The zero-order chi connectivity index (χ0) is 11.2. The lowest BCUT2D eigenvalue weighted by molar-refractivity contribution is 0.659. The van der Waals surface area contributed by atoms with Crippen LogP contribution in [-0.4, -0.2) is 24.1 Å². The maximum absolute atomic E-state index is 8.69. The summed E-state index contributed by atoms with van der Waals surface area (Å²) in [5.74, 6) is 0. The van der Waals surface area contributed by atoms with Gasteiger partial charge in [-0.2, -0.15) is 5.26 Å². The van der Waals surface area contributed by atoms with E-state index in [0.29, 0.717) is 5.69 Å². The fourth-order valence-corrected chi connectivity index (χ4v) is 1.52. The summed E-state index contributed by atoms with van der Waals surface area (Å²) in [6.45, 7) is 1.99. The molecule has 0 unspecified atom stereocenters. The van der Waals surface area contributed by atoms with Crippen LogP contribution in [-0.2, 0) is 0 Å². The number of hydrogen-bond donors (Lipinski definition) is 2. The first-order chi connectivity index (χ1) is 7.88. The van der Waals surface area contributed by atoms with Crippen LogP contribution in [0.15, 0.2) is 18.3 Å². The summed E-state index contributed by atoms with van der Waals surface area (Å²) in [5.41, 5.74) is 1.43. The number of nitriles is 1. The molecule has 0 amide bonds. The van der Waals surface area contributed by atoms with E-state index in [0.717, 1.165) is 31.2 Å². The van der Waals surface area contributed by atoms with E-state index in [4.69, 9.17) is 5.26 Å². The molecule has 4 heteroatoms. The minimum atomic E-state index is 0.459.